The van der Waals surface area contributed by atoms with Crippen LogP contribution in [-0.4, -0.2) is 98.3 Å². The Balaban J connectivity index is 1.47. The molecular weight excluding hydrogens is 722 g/mol. The van der Waals surface area contributed by atoms with Gasteiger partial charge in [-0.15, -0.1) is 0 Å². The van der Waals surface area contributed by atoms with E-state index >= 15 is 0 Å². The van der Waals surface area contributed by atoms with Crippen LogP contribution in [0.4, 0.5) is 10.5 Å². The van der Waals surface area contributed by atoms with Crippen molar-refractivity contribution in [1.29, 1.82) is 0 Å². The average molecular weight is 768 g/mol. The number of aliphatic hydroxyl groups is 1. The van der Waals surface area contributed by atoms with Crippen LogP contribution in [0.1, 0.15) is 66.8 Å². The van der Waals surface area contributed by atoms with Gasteiger partial charge < -0.3 is 39.0 Å². The van der Waals surface area contributed by atoms with Crippen molar-refractivity contribution in [2.75, 3.05) is 32.7 Å². The highest BCUT2D eigenvalue weighted by Crippen LogP contribution is 2.49. The number of ketones is 1. The first kappa shape index (κ1) is 40.4. The quantitative estimate of drug-likeness (QED) is 0.208. The van der Waals surface area contributed by atoms with E-state index in [-0.39, 0.29) is 29.2 Å². The molecule has 3 N–H and O–H groups in total. The van der Waals surface area contributed by atoms with Crippen LogP contribution in [-0.2, 0) is 35.0 Å². The molecule has 2 saturated heterocycles. The number of allylic oxidation sites excluding steroid dienone is 3. The molecule has 0 radical (unpaired) electrons. The Labute approximate surface area is 318 Å². The lowest BCUT2D eigenvalue weighted by Crippen LogP contribution is -2.63. The lowest BCUT2D eigenvalue weighted by Gasteiger charge is -2.42. The monoisotopic (exact) mass is 767 g/mol. The summed E-state index contributed by atoms with van der Waals surface area (Å²) < 4.78 is 28.9. The Hall–Kier alpha value is -4.76. The van der Waals surface area contributed by atoms with Crippen molar-refractivity contribution in [3.8, 4) is 5.75 Å². The van der Waals surface area contributed by atoms with Crippen LogP contribution in [0.5, 0.6) is 5.75 Å². The summed E-state index contributed by atoms with van der Waals surface area (Å²) in [4.78, 5) is 66.0. The Morgan fingerprint density at radius 3 is 2.46 bits per heavy atom. The zero-order chi connectivity index (χ0) is 39.5. The second-order valence-electron chi connectivity index (χ2n) is 14.1. The van der Waals surface area contributed by atoms with Crippen molar-refractivity contribution in [3.63, 3.8) is 0 Å². The molecule has 2 aromatic rings. The van der Waals surface area contributed by atoms with E-state index in [0.717, 1.165) is 11.1 Å². The van der Waals surface area contributed by atoms with Gasteiger partial charge in [-0.25, -0.2) is 4.79 Å². The molecule has 3 amide bonds. The fraction of sp³-hybridized carbons (Fsp3) is 0.462. The largest absolute Gasteiger partial charge is 0.495 e. The predicted molar refractivity (Wildman–Crippen MR) is 198 cm³/mol. The Kier molecular flexibility index (Phi) is 12.2. The Morgan fingerprint density at radius 2 is 1.81 bits per heavy atom. The highest BCUT2D eigenvalue weighted by molar-refractivity contribution is 6.35. The number of epoxide rings is 1. The number of methoxy groups -OCH3 is 2. The maximum absolute atomic E-state index is 14.0. The molecule has 54 heavy (non-hydrogen) atoms. The minimum atomic E-state index is -1.84. The summed E-state index contributed by atoms with van der Waals surface area (Å²) in [7, 11) is 4.44. The summed E-state index contributed by atoms with van der Waals surface area (Å²) in [5.41, 5.74) is -0.369. The summed E-state index contributed by atoms with van der Waals surface area (Å²) >= 11 is 6.73. The first-order valence-electron chi connectivity index (χ1n) is 17.5. The third-order valence-corrected chi connectivity index (χ3v) is 10.6. The van der Waals surface area contributed by atoms with Gasteiger partial charge in [0.15, 0.2) is 11.5 Å². The van der Waals surface area contributed by atoms with Gasteiger partial charge in [0.25, 0.3) is 5.91 Å². The molecular formula is C39H46ClN3O11. The Bertz CT molecular complexity index is 1860. The number of fused-ring (bicyclic) bond motifs is 5. The summed E-state index contributed by atoms with van der Waals surface area (Å²) in [5, 5.41) is 16.9. The standard InChI is InChI=1S/C39H46ClN3O11/c1-21-9-8-10-30(51-7)39(49)19-29(52-37(48)42-39)22(2)35-38(4,54-35)31(18-32(45)43(5)27-16-24(15-21)17-28(50-6)34(27)40)53-33(46)20-41-36(47)26-13-11-25(12-14-26)23(3)44/h8-14,16-17,22,29-31,35,49H,15,18-20H2,1-7H3,(H,41,47)(H,42,48)/b10-8+,21-9+/t22-,29+,30-,31+,35+,38+,39+/m1/s1. The number of hydrogen-bond acceptors (Lipinski definition) is 11. The molecule has 3 aliphatic rings. The molecule has 0 aromatic heterocycles. The average Bonchev–Trinajstić information content (AvgIpc) is 3.83. The van der Waals surface area contributed by atoms with Crippen LogP contribution >= 0.6 is 11.6 Å². The van der Waals surface area contributed by atoms with Crippen molar-refractivity contribution in [3.05, 3.63) is 81.9 Å². The summed E-state index contributed by atoms with van der Waals surface area (Å²) in [5.74, 6) is -2.24. The predicted octanol–water partition coefficient (Wildman–Crippen LogP) is 4.30. The van der Waals surface area contributed by atoms with Gasteiger partial charge in [-0.3, -0.25) is 24.5 Å². The summed E-state index contributed by atoms with van der Waals surface area (Å²) in [6.45, 7) is 6.23. The normalized spacial score (nSPS) is 30.1. The number of Topliss-reactive ketones (excluding diaryl/α,β-unsaturated/α-hetero) is 1. The number of amides is 3. The van der Waals surface area contributed by atoms with Gasteiger partial charge in [0, 0.05) is 37.6 Å². The number of esters is 1. The van der Waals surface area contributed by atoms with Crippen molar-refractivity contribution in [2.24, 2.45) is 5.92 Å². The molecule has 2 fully saturated rings. The van der Waals surface area contributed by atoms with E-state index in [2.05, 4.69) is 10.6 Å². The van der Waals surface area contributed by atoms with Crippen LogP contribution < -0.4 is 20.3 Å². The number of nitrogens with one attached hydrogen (secondary N) is 2. The van der Waals surface area contributed by atoms with Gasteiger partial charge in [-0.05, 0) is 57.0 Å². The molecule has 3 aliphatic heterocycles. The number of benzene rings is 2. The van der Waals surface area contributed by atoms with Crippen LogP contribution in [0.3, 0.4) is 0 Å². The van der Waals surface area contributed by atoms with Gasteiger partial charge in [-0.2, -0.15) is 0 Å². The fourth-order valence-corrected chi connectivity index (χ4v) is 7.23. The van der Waals surface area contributed by atoms with Crippen LogP contribution in [0.15, 0.2) is 60.2 Å². The highest BCUT2D eigenvalue weighted by atomic mass is 35.5. The maximum atomic E-state index is 14.0. The van der Waals surface area contributed by atoms with Crippen LogP contribution in [0.2, 0.25) is 5.02 Å². The molecule has 0 spiro atoms. The van der Waals surface area contributed by atoms with Crippen molar-refractivity contribution in [1.82, 2.24) is 10.6 Å². The molecule has 15 heteroatoms. The van der Waals surface area contributed by atoms with E-state index in [1.165, 1.54) is 50.3 Å². The zero-order valence-electron chi connectivity index (χ0n) is 31.3. The SMILES string of the molecule is COc1cc2cc(c1Cl)N(C)C(=O)C[C@H](OC(=O)CNC(=O)c1ccc(C(C)=O)cc1)[C@]1(C)O[C@H]1[C@H](C)[C@@H]1C[C@@](O)(NC(=O)O1)[C@H](OC)/C=C/C=C(\C)C2. The smallest absolute Gasteiger partial charge is 0.409 e. The molecule has 0 aliphatic carbocycles. The molecule has 5 rings (SSSR count). The van der Waals surface area contributed by atoms with Crippen molar-refractivity contribution >= 4 is 46.9 Å². The van der Waals surface area contributed by atoms with E-state index in [0.29, 0.717) is 23.4 Å². The number of carbonyl (C=O) groups excluding carboxylic acids is 5. The lowest BCUT2D eigenvalue weighted by atomic mass is 9.83. The zero-order valence-corrected chi connectivity index (χ0v) is 32.0. The maximum Gasteiger partial charge on any atom is 0.409 e. The Morgan fingerprint density at radius 1 is 1.13 bits per heavy atom. The van der Waals surface area contributed by atoms with E-state index in [1.807, 2.05) is 13.0 Å². The lowest BCUT2D eigenvalue weighted by molar-refractivity contribution is -0.152. The minimum absolute atomic E-state index is 0.0724. The van der Waals surface area contributed by atoms with E-state index in [9.17, 15) is 29.1 Å². The molecule has 3 heterocycles. The van der Waals surface area contributed by atoms with Crippen LogP contribution in [0, 0.1) is 5.92 Å². The van der Waals surface area contributed by atoms with Gasteiger partial charge in [-0.1, -0.05) is 54.5 Å². The fourth-order valence-electron chi connectivity index (χ4n) is 6.92. The summed E-state index contributed by atoms with van der Waals surface area (Å²) in [6.07, 6.45) is 0.680. The number of nitrogens with zero attached hydrogens (tertiary/aromatic N) is 1. The molecule has 290 valence electrons. The number of halogens is 1. The molecule has 0 saturated carbocycles. The third-order valence-electron chi connectivity index (χ3n) is 10.2. The number of ether oxygens (including phenoxy) is 5. The van der Waals surface area contributed by atoms with Gasteiger partial charge >= 0.3 is 12.1 Å². The topological polar surface area (TPSA) is 182 Å². The second-order valence-corrected chi connectivity index (χ2v) is 14.5. The van der Waals surface area contributed by atoms with E-state index in [1.54, 1.807) is 45.2 Å². The number of hydrogen-bond donors (Lipinski definition) is 3. The minimum Gasteiger partial charge on any atom is -0.495 e. The molecule has 4 bridgehead atoms. The number of anilines is 1. The molecule has 0 unspecified atom stereocenters. The first-order valence-corrected chi connectivity index (χ1v) is 17.8. The highest BCUT2D eigenvalue weighted by Gasteiger charge is 2.64. The van der Waals surface area contributed by atoms with Crippen molar-refractivity contribution < 1.29 is 52.8 Å². The molecule has 7 atom stereocenters. The van der Waals surface area contributed by atoms with Crippen LogP contribution in [0.25, 0.3) is 0 Å². The first-order chi connectivity index (χ1) is 25.5. The third kappa shape index (κ3) is 8.78. The molecule has 2 aromatic carbocycles. The van der Waals surface area contributed by atoms with Gasteiger partial charge in [0.2, 0.25) is 5.91 Å². The molecule has 14 nitrogen and oxygen atoms in total. The second kappa shape index (κ2) is 16.3. The van der Waals surface area contributed by atoms with Gasteiger partial charge in [0.1, 0.15) is 41.2 Å². The van der Waals surface area contributed by atoms with E-state index < -0.39 is 72.1 Å². The van der Waals surface area contributed by atoms with E-state index in [4.69, 9.17) is 35.3 Å². The van der Waals surface area contributed by atoms with Gasteiger partial charge in [0.05, 0.1) is 25.3 Å². The number of rotatable bonds is 7. The number of carbonyl (C=O) groups is 5. The number of alkyl carbamates (subject to hydrolysis) is 1. The van der Waals surface area contributed by atoms with Crippen molar-refractivity contribution in [2.45, 2.75) is 82.7 Å². The summed E-state index contributed by atoms with van der Waals surface area (Å²) in [6, 6.07) is 9.50.